The summed E-state index contributed by atoms with van der Waals surface area (Å²) in [4.78, 5) is 31.4. The van der Waals surface area contributed by atoms with Crippen molar-refractivity contribution in [1.82, 2.24) is 30.6 Å². The first-order valence-electron chi connectivity index (χ1n) is 23.6. The number of carbonyl (C=O) groups is 1. The summed E-state index contributed by atoms with van der Waals surface area (Å²) >= 11 is 0. The van der Waals surface area contributed by atoms with Gasteiger partial charge in [0.2, 0.25) is 17.8 Å². The van der Waals surface area contributed by atoms with Gasteiger partial charge < -0.3 is 46.7 Å². The SMILES string of the molecule is COc1ccc(NC(=O)c2cc3ccc4c5ccccc5[nH]c4c3c(/N=N/c3ccc(Nc4nc(NCCCNC5CCCCC5)nc(NCCCNC5CCCCC5)n4)cc3)c2O)cc1. The summed E-state index contributed by atoms with van der Waals surface area (Å²) in [7, 11) is 1.58. The molecule has 0 unspecified atom stereocenters. The number of phenolic OH excluding ortho intramolecular Hbond substituents is 1. The van der Waals surface area contributed by atoms with Crippen molar-refractivity contribution in [1.29, 1.82) is 0 Å². The van der Waals surface area contributed by atoms with E-state index in [0.717, 1.165) is 66.5 Å². The van der Waals surface area contributed by atoms with Crippen LogP contribution in [0.1, 0.15) is 87.4 Å². The first-order chi connectivity index (χ1) is 32.5. The van der Waals surface area contributed by atoms with Crippen molar-refractivity contribution >= 4 is 79.1 Å². The molecular formula is C51H60N12O3. The molecule has 15 heteroatoms. The number of para-hydroxylation sites is 1. The number of aromatic amines is 1. The zero-order chi connectivity index (χ0) is 45.1. The van der Waals surface area contributed by atoms with Crippen LogP contribution in [0.15, 0.2) is 101 Å². The first kappa shape index (κ1) is 44.4. The topological polar surface area (TPSA) is 198 Å². The fourth-order valence-electron chi connectivity index (χ4n) is 9.16. The average molecular weight is 889 g/mol. The molecule has 66 heavy (non-hydrogen) atoms. The zero-order valence-electron chi connectivity index (χ0n) is 37.6. The zero-order valence-corrected chi connectivity index (χ0v) is 37.6. The van der Waals surface area contributed by atoms with Gasteiger partial charge in [0.25, 0.3) is 5.91 Å². The molecule has 0 radical (unpaired) electrons. The Morgan fingerprint density at radius 1 is 0.697 bits per heavy atom. The Hall–Kier alpha value is -6.84. The summed E-state index contributed by atoms with van der Waals surface area (Å²) in [6.45, 7) is 3.37. The Morgan fingerprint density at radius 3 is 1.97 bits per heavy atom. The number of aromatic nitrogens is 4. The molecule has 0 atom stereocenters. The van der Waals surface area contributed by atoms with Crippen LogP contribution in [-0.4, -0.2) is 76.3 Å². The van der Waals surface area contributed by atoms with Crippen LogP contribution in [0.25, 0.3) is 32.6 Å². The maximum Gasteiger partial charge on any atom is 0.259 e. The predicted molar refractivity (Wildman–Crippen MR) is 266 cm³/mol. The van der Waals surface area contributed by atoms with Gasteiger partial charge in [-0.05, 0) is 118 Å². The number of nitrogens with zero attached hydrogens (tertiary/aromatic N) is 5. The number of hydrogen-bond acceptors (Lipinski definition) is 13. The number of anilines is 5. The van der Waals surface area contributed by atoms with Crippen LogP contribution in [0, 0.1) is 0 Å². The number of azo groups is 1. The molecule has 2 fully saturated rings. The largest absolute Gasteiger partial charge is 0.505 e. The van der Waals surface area contributed by atoms with E-state index in [2.05, 4.69) is 47.1 Å². The summed E-state index contributed by atoms with van der Waals surface area (Å²) in [6, 6.07) is 29.3. The second-order valence-electron chi connectivity index (χ2n) is 17.4. The molecule has 0 spiro atoms. The van der Waals surface area contributed by atoms with Gasteiger partial charge in [-0.25, -0.2) is 0 Å². The molecule has 0 bridgehead atoms. The highest BCUT2D eigenvalue weighted by Gasteiger charge is 2.22. The number of methoxy groups -OCH3 is 1. The lowest BCUT2D eigenvalue weighted by atomic mass is 9.95. The molecule has 2 aliphatic rings. The lowest BCUT2D eigenvalue weighted by molar-refractivity contribution is 0.102. The minimum atomic E-state index is -0.489. The molecule has 2 aliphatic carbocycles. The van der Waals surface area contributed by atoms with Gasteiger partial charge in [-0.3, -0.25) is 4.79 Å². The van der Waals surface area contributed by atoms with Gasteiger partial charge in [0.15, 0.2) is 5.75 Å². The molecule has 7 aromatic rings. The summed E-state index contributed by atoms with van der Waals surface area (Å²) in [5.41, 5.74) is 3.80. The number of ether oxygens (including phenoxy) is 1. The van der Waals surface area contributed by atoms with Crippen molar-refractivity contribution in [3.63, 3.8) is 0 Å². The Balaban J connectivity index is 0.928. The van der Waals surface area contributed by atoms with E-state index in [1.807, 2.05) is 60.7 Å². The molecule has 2 heterocycles. The number of phenols is 1. The standard InChI is InChI=1S/C51H60N12O3/c1-66-39-25-23-36(24-26-39)56-48(65)42-32-33-18-27-41-40-16-8-9-17-43(40)58-45(41)44(33)46(47(42)64)63-62-38-21-19-37(20-22-38)57-51-60-49(54-30-10-28-52-34-12-4-2-5-13-34)59-50(61-51)55-31-11-29-53-35-14-6-3-7-15-35/h8-9,16-27,32,34-35,52-53,58,64H,2-7,10-15,28-31H2,1H3,(H,56,65)(H3,54,55,57,59,60,61)/b63-62+. The van der Waals surface area contributed by atoms with E-state index >= 15 is 0 Å². The van der Waals surface area contributed by atoms with E-state index in [0.29, 0.717) is 57.8 Å². The fourth-order valence-corrected chi connectivity index (χ4v) is 9.16. The monoisotopic (exact) mass is 888 g/mol. The minimum Gasteiger partial charge on any atom is -0.505 e. The molecule has 5 aromatic carbocycles. The smallest absolute Gasteiger partial charge is 0.259 e. The van der Waals surface area contributed by atoms with Gasteiger partial charge in [-0.15, -0.1) is 5.11 Å². The molecule has 2 aromatic heterocycles. The van der Waals surface area contributed by atoms with Gasteiger partial charge in [-0.2, -0.15) is 20.1 Å². The van der Waals surface area contributed by atoms with E-state index in [1.54, 1.807) is 37.4 Å². The molecule has 1 amide bonds. The summed E-state index contributed by atoms with van der Waals surface area (Å²) in [5.74, 6) is 1.32. The maximum absolute atomic E-state index is 13.7. The molecule has 0 aliphatic heterocycles. The predicted octanol–water partition coefficient (Wildman–Crippen LogP) is 11.2. The van der Waals surface area contributed by atoms with Gasteiger partial charge in [0.05, 0.1) is 23.9 Å². The Bertz CT molecular complexity index is 2720. The number of fused-ring (bicyclic) bond motifs is 5. The highest BCUT2D eigenvalue weighted by atomic mass is 16.5. The van der Waals surface area contributed by atoms with Crippen LogP contribution in [0.4, 0.5) is 40.6 Å². The third kappa shape index (κ3) is 11.0. The van der Waals surface area contributed by atoms with Gasteiger partial charge >= 0.3 is 0 Å². The average Bonchev–Trinajstić information content (AvgIpc) is 3.74. The highest BCUT2D eigenvalue weighted by Crippen LogP contribution is 2.44. The number of carbonyl (C=O) groups excluding carboxylic acids is 1. The van der Waals surface area contributed by atoms with Crippen LogP contribution in [0.2, 0.25) is 0 Å². The lowest BCUT2D eigenvalue weighted by Gasteiger charge is -2.22. The third-order valence-corrected chi connectivity index (χ3v) is 12.7. The normalized spacial score (nSPS) is 14.9. The Morgan fingerprint density at radius 2 is 1.32 bits per heavy atom. The van der Waals surface area contributed by atoms with Crippen LogP contribution in [-0.2, 0) is 0 Å². The van der Waals surface area contributed by atoms with Crippen molar-refractivity contribution in [2.45, 2.75) is 89.1 Å². The Kier molecular flexibility index (Phi) is 14.4. The number of aromatic hydroxyl groups is 1. The number of benzene rings is 5. The first-order valence-corrected chi connectivity index (χ1v) is 23.6. The van der Waals surface area contributed by atoms with Crippen molar-refractivity contribution in [3.8, 4) is 11.5 Å². The molecule has 9 rings (SSSR count). The molecule has 15 nitrogen and oxygen atoms in total. The molecular weight excluding hydrogens is 829 g/mol. The van der Waals surface area contributed by atoms with Crippen LogP contribution < -0.4 is 36.6 Å². The maximum atomic E-state index is 13.7. The summed E-state index contributed by atoms with van der Waals surface area (Å²) in [5, 5.41) is 45.0. The van der Waals surface area contributed by atoms with Gasteiger partial charge in [-0.1, -0.05) is 68.9 Å². The van der Waals surface area contributed by atoms with Crippen molar-refractivity contribution in [3.05, 3.63) is 96.6 Å². The van der Waals surface area contributed by atoms with Crippen molar-refractivity contribution < 1.29 is 14.6 Å². The van der Waals surface area contributed by atoms with E-state index in [9.17, 15) is 9.90 Å². The van der Waals surface area contributed by atoms with Crippen LogP contribution in [0.3, 0.4) is 0 Å². The molecule has 2 saturated carbocycles. The van der Waals surface area contributed by atoms with E-state index in [-0.39, 0.29) is 17.0 Å². The number of nitrogens with one attached hydrogen (secondary N) is 7. The lowest BCUT2D eigenvalue weighted by Crippen LogP contribution is -2.32. The summed E-state index contributed by atoms with van der Waals surface area (Å²) in [6.07, 6.45) is 14.9. The number of amides is 1. The fraction of sp³-hybridized carbons (Fsp3) is 0.373. The van der Waals surface area contributed by atoms with Gasteiger partial charge in [0.1, 0.15) is 11.4 Å². The van der Waals surface area contributed by atoms with Crippen LogP contribution >= 0.6 is 0 Å². The van der Waals surface area contributed by atoms with Crippen molar-refractivity contribution in [2.24, 2.45) is 10.2 Å². The quantitative estimate of drug-likeness (QED) is 0.0284. The second kappa shape index (κ2) is 21.4. The molecule has 342 valence electrons. The number of rotatable bonds is 19. The molecule has 8 N–H and O–H groups in total. The molecule has 0 saturated heterocycles. The second-order valence-corrected chi connectivity index (χ2v) is 17.4. The minimum absolute atomic E-state index is 0.0644. The third-order valence-electron chi connectivity index (χ3n) is 12.7. The Labute approximate surface area is 385 Å². The van der Waals surface area contributed by atoms with Crippen molar-refractivity contribution in [2.75, 3.05) is 54.6 Å². The van der Waals surface area contributed by atoms with Crippen LogP contribution in [0.5, 0.6) is 11.5 Å². The number of H-pyrrole nitrogens is 1. The van der Waals surface area contributed by atoms with E-state index < -0.39 is 5.91 Å². The summed E-state index contributed by atoms with van der Waals surface area (Å²) < 4.78 is 5.27. The van der Waals surface area contributed by atoms with Gasteiger partial charge in [0, 0.05) is 58.2 Å². The van der Waals surface area contributed by atoms with E-state index in [1.165, 1.54) is 64.2 Å². The highest BCUT2D eigenvalue weighted by molar-refractivity contribution is 6.22. The number of hydrogen-bond donors (Lipinski definition) is 8. The van der Waals surface area contributed by atoms with E-state index in [4.69, 9.17) is 19.7 Å².